The van der Waals surface area contributed by atoms with Crippen molar-refractivity contribution in [2.75, 3.05) is 0 Å². The lowest BCUT2D eigenvalue weighted by molar-refractivity contribution is -0.118. The van der Waals surface area contributed by atoms with Gasteiger partial charge in [-0.2, -0.15) is 4.98 Å². The number of primary amides is 1. The van der Waals surface area contributed by atoms with Gasteiger partial charge >= 0.3 is 0 Å². The molecule has 0 unspecified atom stereocenters. The van der Waals surface area contributed by atoms with E-state index in [-0.39, 0.29) is 6.54 Å². The molecule has 1 rings (SSSR count). The van der Waals surface area contributed by atoms with E-state index in [1.54, 1.807) is 0 Å². The van der Waals surface area contributed by atoms with E-state index in [0.29, 0.717) is 9.47 Å². The maximum absolute atomic E-state index is 10.4. The predicted molar refractivity (Wildman–Crippen MR) is 44.6 cm³/mol. The van der Waals surface area contributed by atoms with Crippen LogP contribution in [-0.2, 0) is 11.3 Å². The van der Waals surface area contributed by atoms with Crippen LogP contribution in [0, 0.1) is 0 Å². The fourth-order valence-corrected chi connectivity index (χ4v) is 1.52. The summed E-state index contributed by atoms with van der Waals surface area (Å²) in [6, 6.07) is 0. The molecule has 0 radical (unpaired) electrons. The molecule has 5 nitrogen and oxygen atoms in total. The number of aromatic nitrogens is 3. The number of nitrogens with zero attached hydrogens (tertiary/aromatic N) is 3. The monoisotopic (exact) mass is 282 g/mol. The number of hydrogen-bond donors (Lipinski definition) is 1. The highest BCUT2D eigenvalue weighted by atomic mass is 79.9. The fraction of sp³-hybridized carbons (Fsp3) is 0.250. The molecule has 1 heterocycles. The molecule has 7 heteroatoms. The summed E-state index contributed by atoms with van der Waals surface area (Å²) >= 11 is 6.14. The molecule has 1 amide bonds. The number of hydrogen-bond acceptors (Lipinski definition) is 3. The van der Waals surface area contributed by atoms with Crippen LogP contribution in [0.1, 0.15) is 0 Å². The van der Waals surface area contributed by atoms with E-state index < -0.39 is 5.91 Å². The molecule has 60 valence electrons. The molecule has 0 aromatic carbocycles. The highest BCUT2D eigenvalue weighted by Gasteiger charge is 2.06. The third-order valence-corrected chi connectivity index (χ3v) is 1.83. The van der Waals surface area contributed by atoms with Crippen molar-refractivity contribution >= 4 is 37.8 Å². The minimum absolute atomic E-state index is 0.0270. The Morgan fingerprint density at radius 3 is 2.64 bits per heavy atom. The van der Waals surface area contributed by atoms with Gasteiger partial charge in [0.25, 0.3) is 0 Å². The van der Waals surface area contributed by atoms with Crippen molar-refractivity contribution in [1.29, 1.82) is 0 Å². The zero-order valence-electron chi connectivity index (χ0n) is 5.29. The smallest absolute Gasteiger partial charge is 0.239 e. The van der Waals surface area contributed by atoms with Crippen molar-refractivity contribution in [2.24, 2.45) is 5.73 Å². The van der Waals surface area contributed by atoms with Crippen LogP contribution in [0.15, 0.2) is 9.47 Å². The number of nitrogens with two attached hydrogens (primary N) is 1. The molecule has 0 aliphatic carbocycles. The highest BCUT2D eigenvalue weighted by Crippen LogP contribution is 2.10. The Hall–Kier alpha value is -0.430. The van der Waals surface area contributed by atoms with Gasteiger partial charge in [-0.1, -0.05) is 0 Å². The summed E-state index contributed by atoms with van der Waals surface area (Å²) in [4.78, 5) is 14.3. The van der Waals surface area contributed by atoms with Crippen LogP contribution in [-0.4, -0.2) is 20.7 Å². The zero-order valence-corrected chi connectivity index (χ0v) is 8.46. The second kappa shape index (κ2) is 3.31. The number of carbonyl (C=O) groups excluding carboxylic acids is 1. The summed E-state index contributed by atoms with van der Waals surface area (Å²) < 4.78 is 2.25. The first kappa shape index (κ1) is 8.66. The van der Waals surface area contributed by atoms with Gasteiger partial charge in [0.15, 0.2) is 4.73 Å². The Morgan fingerprint density at radius 2 is 2.27 bits per heavy atom. The van der Waals surface area contributed by atoms with Gasteiger partial charge in [0.05, 0.1) is 0 Å². The van der Waals surface area contributed by atoms with Crippen LogP contribution in [0.3, 0.4) is 0 Å². The van der Waals surface area contributed by atoms with E-state index in [1.807, 2.05) is 0 Å². The van der Waals surface area contributed by atoms with Crippen molar-refractivity contribution in [3.05, 3.63) is 9.47 Å². The lowest BCUT2D eigenvalue weighted by Gasteiger charge is -1.94. The van der Waals surface area contributed by atoms with Crippen molar-refractivity contribution in [3.8, 4) is 0 Å². The van der Waals surface area contributed by atoms with Crippen LogP contribution in [0.25, 0.3) is 0 Å². The van der Waals surface area contributed by atoms with E-state index in [2.05, 4.69) is 41.9 Å². The lowest BCUT2D eigenvalue weighted by Crippen LogP contribution is -2.19. The fourth-order valence-electron chi connectivity index (χ4n) is 0.545. The minimum atomic E-state index is -0.455. The molecule has 0 aliphatic rings. The zero-order chi connectivity index (χ0) is 8.43. The Labute approximate surface area is 79.2 Å². The average molecular weight is 284 g/mol. The predicted octanol–water partition coefficient (Wildman–Crippen LogP) is 0.288. The first-order valence-electron chi connectivity index (χ1n) is 2.63. The van der Waals surface area contributed by atoms with Gasteiger partial charge in [-0.3, -0.25) is 4.79 Å². The van der Waals surface area contributed by atoms with Gasteiger partial charge in [-0.15, -0.1) is 5.10 Å². The third kappa shape index (κ3) is 2.26. The van der Waals surface area contributed by atoms with Crippen LogP contribution in [0.5, 0.6) is 0 Å². The van der Waals surface area contributed by atoms with E-state index >= 15 is 0 Å². The third-order valence-electron chi connectivity index (χ3n) is 0.906. The van der Waals surface area contributed by atoms with Gasteiger partial charge < -0.3 is 5.73 Å². The molecule has 0 saturated heterocycles. The lowest BCUT2D eigenvalue weighted by atomic mass is 10.6. The molecule has 1 aromatic heterocycles. The van der Waals surface area contributed by atoms with Crippen LogP contribution in [0.4, 0.5) is 0 Å². The second-order valence-electron chi connectivity index (χ2n) is 1.77. The van der Waals surface area contributed by atoms with Gasteiger partial charge in [0, 0.05) is 0 Å². The number of amides is 1. The van der Waals surface area contributed by atoms with Gasteiger partial charge in [0.1, 0.15) is 6.54 Å². The maximum atomic E-state index is 10.4. The molecule has 0 bridgehead atoms. The molecule has 0 spiro atoms. The molecule has 0 fully saturated rings. The Balaban J connectivity index is 2.85. The molecule has 0 saturated carbocycles. The largest absolute Gasteiger partial charge is 0.368 e. The average Bonchev–Trinajstić information content (AvgIpc) is 2.09. The maximum Gasteiger partial charge on any atom is 0.239 e. The number of carbonyl (C=O) groups is 1. The van der Waals surface area contributed by atoms with E-state index in [4.69, 9.17) is 5.73 Å². The number of halogens is 2. The summed E-state index contributed by atoms with van der Waals surface area (Å²) in [7, 11) is 0. The van der Waals surface area contributed by atoms with Crippen LogP contribution in [0.2, 0.25) is 0 Å². The topological polar surface area (TPSA) is 73.8 Å². The summed E-state index contributed by atoms with van der Waals surface area (Å²) in [6.07, 6.45) is 0. The van der Waals surface area contributed by atoms with Crippen molar-refractivity contribution in [3.63, 3.8) is 0 Å². The molecular weight excluding hydrogens is 280 g/mol. The summed E-state index contributed by atoms with van der Waals surface area (Å²) in [5.74, 6) is -0.455. The summed E-state index contributed by atoms with van der Waals surface area (Å²) in [5.41, 5.74) is 4.94. The van der Waals surface area contributed by atoms with Crippen molar-refractivity contribution < 1.29 is 4.79 Å². The van der Waals surface area contributed by atoms with Gasteiger partial charge in [-0.25, -0.2) is 4.68 Å². The van der Waals surface area contributed by atoms with Gasteiger partial charge in [0.2, 0.25) is 10.6 Å². The van der Waals surface area contributed by atoms with Gasteiger partial charge in [-0.05, 0) is 31.9 Å². The standard InChI is InChI=1S/C4H4Br2N4O/c5-3-8-4(6)10(9-3)1-2(7)11/h1H2,(H2,7,11). The normalized spacial score (nSPS) is 10.0. The molecular formula is C4H4Br2N4O. The molecule has 1 aromatic rings. The SMILES string of the molecule is NC(=O)Cn1nc(Br)nc1Br. The minimum Gasteiger partial charge on any atom is -0.368 e. The van der Waals surface area contributed by atoms with E-state index in [1.165, 1.54) is 4.68 Å². The first-order valence-corrected chi connectivity index (χ1v) is 4.22. The number of rotatable bonds is 2. The molecule has 2 N–H and O–H groups in total. The summed E-state index contributed by atoms with van der Waals surface area (Å²) in [5, 5.41) is 3.82. The quantitative estimate of drug-likeness (QED) is 0.848. The van der Waals surface area contributed by atoms with Crippen LogP contribution >= 0.6 is 31.9 Å². The Bertz CT molecular complexity index is 284. The van der Waals surface area contributed by atoms with Crippen LogP contribution < -0.4 is 5.73 Å². The van der Waals surface area contributed by atoms with Crippen molar-refractivity contribution in [2.45, 2.75) is 6.54 Å². The Morgan fingerprint density at radius 1 is 1.64 bits per heavy atom. The second-order valence-corrected chi connectivity index (χ2v) is 3.19. The summed E-state index contributed by atoms with van der Waals surface area (Å²) in [6.45, 7) is 0.0270. The molecule has 0 aliphatic heterocycles. The highest BCUT2D eigenvalue weighted by molar-refractivity contribution is 9.11. The van der Waals surface area contributed by atoms with E-state index in [9.17, 15) is 4.79 Å². The molecule has 11 heavy (non-hydrogen) atoms. The van der Waals surface area contributed by atoms with Crippen molar-refractivity contribution in [1.82, 2.24) is 14.8 Å². The first-order chi connectivity index (χ1) is 5.09. The van der Waals surface area contributed by atoms with E-state index in [0.717, 1.165) is 0 Å². The Kier molecular flexibility index (Phi) is 2.61. The molecule has 0 atom stereocenters.